The molecule has 0 radical (unpaired) electrons. The summed E-state index contributed by atoms with van der Waals surface area (Å²) in [5.74, 6) is 1.79. The number of imidazole rings is 1. The van der Waals surface area contributed by atoms with Gasteiger partial charge in [-0.3, -0.25) is 0 Å². The number of nitrogens with zero attached hydrogens (tertiary/aromatic N) is 2. The van der Waals surface area contributed by atoms with Gasteiger partial charge in [-0.25, -0.2) is 4.98 Å². The van der Waals surface area contributed by atoms with Crippen molar-refractivity contribution in [2.24, 2.45) is 0 Å². The van der Waals surface area contributed by atoms with E-state index in [1.165, 1.54) is 0 Å². The fourth-order valence-corrected chi connectivity index (χ4v) is 2.98. The molecule has 1 heterocycles. The number of benzene rings is 1. The van der Waals surface area contributed by atoms with Crippen molar-refractivity contribution in [2.45, 2.75) is 46.1 Å². The highest BCUT2D eigenvalue weighted by atomic mass is 79.9. The van der Waals surface area contributed by atoms with E-state index in [1.54, 1.807) is 0 Å². The predicted molar refractivity (Wildman–Crippen MR) is 93.7 cm³/mol. The zero-order valence-corrected chi connectivity index (χ0v) is 14.8. The molecule has 1 aromatic carbocycles. The Morgan fingerprint density at radius 1 is 1.29 bits per heavy atom. The molecule has 2 aromatic rings. The third-order valence-electron chi connectivity index (χ3n) is 3.48. The highest BCUT2D eigenvalue weighted by Crippen LogP contribution is 2.34. The maximum absolute atomic E-state index is 6.36. The van der Waals surface area contributed by atoms with Crippen molar-refractivity contribution in [2.75, 3.05) is 5.73 Å². The van der Waals surface area contributed by atoms with Gasteiger partial charge in [0.2, 0.25) is 0 Å². The van der Waals surface area contributed by atoms with Crippen LogP contribution < -0.4 is 5.73 Å². The summed E-state index contributed by atoms with van der Waals surface area (Å²) >= 11 is 9.68. The fourth-order valence-electron chi connectivity index (χ4n) is 2.37. The third kappa shape index (κ3) is 3.61. The van der Waals surface area contributed by atoms with Gasteiger partial charge < -0.3 is 10.3 Å². The molecule has 0 spiro atoms. The first-order valence-electron chi connectivity index (χ1n) is 7.38. The average Bonchev–Trinajstić information content (AvgIpc) is 2.76. The highest BCUT2D eigenvalue weighted by molar-refractivity contribution is 9.10. The molecule has 0 aliphatic rings. The topological polar surface area (TPSA) is 43.8 Å². The van der Waals surface area contributed by atoms with Gasteiger partial charge >= 0.3 is 0 Å². The van der Waals surface area contributed by atoms with Crippen molar-refractivity contribution in [3.05, 3.63) is 33.5 Å². The lowest BCUT2D eigenvalue weighted by molar-refractivity contribution is 0.604. The molecule has 0 saturated carbocycles. The number of nitrogen functional groups attached to an aromatic ring is 1. The minimum absolute atomic E-state index is 0.688. The second-order valence-electron chi connectivity index (χ2n) is 5.14. The summed E-state index contributed by atoms with van der Waals surface area (Å²) in [6.45, 7) is 5.26. The van der Waals surface area contributed by atoms with Crippen molar-refractivity contribution < 1.29 is 0 Å². The molecule has 1 aromatic heterocycles. The van der Waals surface area contributed by atoms with E-state index in [0.29, 0.717) is 5.02 Å². The largest absolute Gasteiger partial charge is 0.383 e. The summed E-state index contributed by atoms with van der Waals surface area (Å²) in [5, 5.41) is 0.688. The lowest BCUT2D eigenvalue weighted by atomic mass is 10.1. The fraction of sp³-hybridized carbons (Fsp3) is 0.438. The van der Waals surface area contributed by atoms with Gasteiger partial charge in [0.05, 0.1) is 0 Å². The van der Waals surface area contributed by atoms with Crippen molar-refractivity contribution in [1.82, 2.24) is 9.55 Å². The maximum Gasteiger partial charge on any atom is 0.131 e. The van der Waals surface area contributed by atoms with Gasteiger partial charge in [0.15, 0.2) is 0 Å². The third-order valence-corrected chi connectivity index (χ3v) is 4.40. The Labute approximate surface area is 139 Å². The molecule has 2 N–H and O–H groups in total. The molecule has 0 aliphatic carbocycles. The Hall–Kier alpha value is -1.00. The van der Waals surface area contributed by atoms with E-state index < -0.39 is 0 Å². The zero-order valence-electron chi connectivity index (χ0n) is 12.5. The smallest absolute Gasteiger partial charge is 0.131 e. The van der Waals surface area contributed by atoms with Crippen LogP contribution in [0.15, 0.2) is 22.7 Å². The molecule has 0 unspecified atom stereocenters. The molecule has 3 nitrogen and oxygen atoms in total. The van der Waals surface area contributed by atoms with Gasteiger partial charge in [-0.15, -0.1) is 0 Å². The van der Waals surface area contributed by atoms with Gasteiger partial charge in [-0.05, 0) is 31.0 Å². The van der Waals surface area contributed by atoms with E-state index in [4.69, 9.17) is 22.3 Å². The first kappa shape index (κ1) is 16.4. The molecule has 0 aliphatic heterocycles. The molecule has 0 fully saturated rings. The normalized spacial score (nSPS) is 11.0. The van der Waals surface area contributed by atoms with E-state index in [-0.39, 0.29) is 0 Å². The number of hydrogen-bond donors (Lipinski definition) is 1. The predicted octanol–water partition coefficient (Wildman–Crippen LogP) is 5.30. The lowest BCUT2D eigenvalue weighted by Crippen LogP contribution is -2.07. The quantitative estimate of drug-likeness (QED) is 0.749. The molecule has 0 bridgehead atoms. The van der Waals surface area contributed by atoms with Gasteiger partial charge in [-0.2, -0.15) is 0 Å². The van der Waals surface area contributed by atoms with Crippen LogP contribution in [0.4, 0.5) is 5.82 Å². The van der Waals surface area contributed by atoms with Crippen LogP contribution in [0.2, 0.25) is 5.02 Å². The minimum Gasteiger partial charge on any atom is -0.383 e. The van der Waals surface area contributed by atoms with E-state index in [9.17, 15) is 0 Å². The summed E-state index contributed by atoms with van der Waals surface area (Å²) < 4.78 is 3.11. The summed E-state index contributed by atoms with van der Waals surface area (Å²) in [5.41, 5.74) is 8.14. The number of halogens is 2. The molecule has 0 saturated heterocycles. The standard InChI is InChI=1S/C16H21BrClN3/c1-3-5-9-21-14(6-4-2)20-15(16(21)19)12-10-11(18)7-8-13(12)17/h7-8,10H,3-6,9,19H2,1-2H3. The van der Waals surface area contributed by atoms with Crippen LogP contribution in [-0.4, -0.2) is 9.55 Å². The first-order chi connectivity index (χ1) is 10.1. The van der Waals surface area contributed by atoms with Crippen LogP contribution in [0.5, 0.6) is 0 Å². The average molecular weight is 371 g/mol. The summed E-state index contributed by atoms with van der Waals surface area (Å²) in [7, 11) is 0. The molecule has 0 atom stereocenters. The minimum atomic E-state index is 0.688. The first-order valence-corrected chi connectivity index (χ1v) is 8.55. The van der Waals surface area contributed by atoms with E-state index in [2.05, 4.69) is 34.3 Å². The Balaban J connectivity index is 2.51. The molecular formula is C16H21BrClN3. The number of aryl methyl sites for hydroxylation is 1. The second kappa shape index (κ2) is 7.32. The number of unbranched alkanes of at least 4 members (excludes halogenated alkanes) is 1. The number of anilines is 1. The number of aromatic nitrogens is 2. The molecule has 2 rings (SSSR count). The van der Waals surface area contributed by atoms with E-state index >= 15 is 0 Å². The van der Waals surface area contributed by atoms with Crippen molar-refractivity contribution in [1.29, 1.82) is 0 Å². The summed E-state index contributed by atoms with van der Waals surface area (Å²) in [6.07, 6.45) is 4.23. The second-order valence-corrected chi connectivity index (χ2v) is 6.43. The molecule has 5 heteroatoms. The van der Waals surface area contributed by atoms with Gasteiger partial charge in [0.25, 0.3) is 0 Å². The van der Waals surface area contributed by atoms with Gasteiger partial charge in [-0.1, -0.05) is 47.8 Å². The van der Waals surface area contributed by atoms with Crippen molar-refractivity contribution in [3.63, 3.8) is 0 Å². The molecule has 21 heavy (non-hydrogen) atoms. The van der Waals surface area contributed by atoms with Crippen molar-refractivity contribution >= 4 is 33.3 Å². The van der Waals surface area contributed by atoms with Crippen molar-refractivity contribution in [3.8, 4) is 11.3 Å². The lowest BCUT2D eigenvalue weighted by Gasteiger charge is -2.09. The Bertz CT molecular complexity index is 622. The molecule has 114 valence electrons. The Kier molecular flexibility index (Phi) is 5.71. The monoisotopic (exact) mass is 369 g/mol. The van der Waals surface area contributed by atoms with Gasteiger partial charge in [0.1, 0.15) is 17.3 Å². The van der Waals surface area contributed by atoms with Gasteiger partial charge in [0, 0.05) is 28.0 Å². The Morgan fingerprint density at radius 3 is 2.71 bits per heavy atom. The van der Waals surface area contributed by atoms with E-state index in [0.717, 1.165) is 59.6 Å². The SMILES string of the molecule is CCCCn1c(CCC)nc(-c2cc(Cl)ccc2Br)c1N. The number of rotatable bonds is 6. The zero-order chi connectivity index (χ0) is 15.4. The van der Waals surface area contributed by atoms with E-state index in [1.807, 2.05) is 18.2 Å². The highest BCUT2D eigenvalue weighted by Gasteiger charge is 2.17. The molecule has 0 amide bonds. The van der Waals surface area contributed by atoms with Crippen LogP contribution in [0.1, 0.15) is 38.9 Å². The van der Waals surface area contributed by atoms with Crippen LogP contribution in [-0.2, 0) is 13.0 Å². The van der Waals surface area contributed by atoms with Crippen LogP contribution in [0.3, 0.4) is 0 Å². The van der Waals surface area contributed by atoms with Crippen LogP contribution in [0.25, 0.3) is 11.3 Å². The molecular weight excluding hydrogens is 350 g/mol. The Morgan fingerprint density at radius 2 is 2.05 bits per heavy atom. The summed E-state index contributed by atoms with van der Waals surface area (Å²) in [4.78, 5) is 4.77. The van der Waals surface area contributed by atoms with Crippen LogP contribution in [0, 0.1) is 0 Å². The number of hydrogen-bond acceptors (Lipinski definition) is 2. The number of nitrogens with two attached hydrogens (primary N) is 1. The maximum atomic E-state index is 6.36. The van der Waals surface area contributed by atoms with Crippen LogP contribution >= 0.6 is 27.5 Å². The summed E-state index contributed by atoms with van der Waals surface area (Å²) in [6, 6.07) is 5.69.